The molecular formula is C44H26. The summed E-state index contributed by atoms with van der Waals surface area (Å²) in [5.41, 5.74) is 5.15. The van der Waals surface area contributed by atoms with Crippen LogP contribution in [-0.4, -0.2) is 0 Å². The maximum Gasteiger partial charge on any atom is -0.000740 e. The van der Waals surface area contributed by atoms with Crippen molar-refractivity contribution in [3.8, 4) is 22.3 Å². The minimum atomic E-state index is 1.26. The summed E-state index contributed by atoms with van der Waals surface area (Å²) in [5, 5.41) is 18.4. The molecule has 0 saturated heterocycles. The normalized spacial score (nSPS) is 12.1. The third kappa shape index (κ3) is 3.12. The summed E-state index contributed by atoms with van der Waals surface area (Å²) in [5.74, 6) is 0. The lowest BCUT2D eigenvalue weighted by atomic mass is 9.80. The van der Waals surface area contributed by atoms with Gasteiger partial charge in [0.15, 0.2) is 0 Å². The van der Waals surface area contributed by atoms with E-state index >= 15 is 0 Å². The van der Waals surface area contributed by atoms with Gasteiger partial charge in [-0.1, -0.05) is 152 Å². The number of fused-ring (bicyclic) bond motifs is 7. The summed E-state index contributed by atoms with van der Waals surface area (Å²) in [6.45, 7) is 0. The second kappa shape index (κ2) is 8.89. The van der Waals surface area contributed by atoms with Crippen LogP contribution in [-0.2, 0) is 0 Å². The van der Waals surface area contributed by atoms with Gasteiger partial charge in [-0.25, -0.2) is 0 Å². The maximum absolute atomic E-state index is 2.37. The third-order valence-corrected chi connectivity index (χ3v) is 9.74. The van der Waals surface area contributed by atoms with Crippen molar-refractivity contribution in [1.82, 2.24) is 0 Å². The van der Waals surface area contributed by atoms with E-state index in [1.807, 2.05) is 0 Å². The van der Waals surface area contributed by atoms with Crippen LogP contribution < -0.4 is 0 Å². The Morgan fingerprint density at radius 2 is 0.659 bits per heavy atom. The van der Waals surface area contributed by atoms with E-state index in [2.05, 4.69) is 158 Å². The van der Waals surface area contributed by atoms with Crippen LogP contribution in [0.25, 0.3) is 97.7 Å². The molecule has 0 saturated carbocycles. The van der Waals surface area contributed by atoms with Crippen molar-refractivity contribution in [1.29, 1.82) is 0 Å². The van der Waals surface area contributed by atoms with E-state index in [4.69, 9.17) is 0 Å². The van der Waals surface area contributed by atoms with Crippen LogP contribution in [0.2, 0.25) is 0 Å². The van der Waals surface area contributed by atoms with Gasteiger partial charge in [-0.15, -0.1) is 0 Å². The molecule has 202 valence electrons. The van der Waals surface area contributed by atoms with Crippen LogP contribution in [0, 0.1) is 0 Å². The van der Waals surface area contributed by atoms with Crippen LogP contribution in [0.5, 0.6) is 0 Å². The van der Waals surface area contributed by atoms with Crippen molar-refractivity contribution in [2.45, 2.75) is 0 Å². The third-order valence-electron chi connectivity index (χ3n) is 9.74. The topological polar surface area (TPSA) is 0 Å². The highest BCUT2D eigenvalue weighted by atomic mass is 14.3. The van der Waals surface area contributed by atoms with Gasteiger partial charge in [0.2, 0.25) is 0 Å². The van der Waals surface area contributed by atoms with Gasteiger partial charge in [-0.05, 0) is 104 Å². The van der Waals surface area contributed by atoms with E-state index in [1.54, 1.807) is 0 Å². The lowest BCUT2D eigenvalue weighted by Crippen LogP contribution is -1.94. The fourth-order valence-electron chi connectivity index (χ4n) is 8.00. The molecule has 0 unspecified atom stereocenters. The Balaban J connectivity index is 1.50. The van der Waals surface area contributed by atoms with Crippen molar-refractivity contribution in [3.63, 3.8) is 0 Å². The first-order valence-corrected chi connectivity index (χ1v) is 15.4. The Hall–Kier alpha value is -5.72. The molecule has 0 fully saturated rings. The first-order valence-electron chi connectivity index (χ1n) is 15.4. The predicted octanol–water partition coefficient (Wildman–Crippen LogP) is 12.5. The molecule has 0 aliphatic carbocycles. The molecule has 0 nitrogen and oxygen atoms in total. The molecule has 0 aliphatic heterocycles. The van der Waals surface area contributed by atoms with Gasteiger partial charge in [0.25, 0.3) is 0 Å². The maximum atomic E-state index is 2.37. The fraction of sp³-hybridized carbons (Fsp3) is 0. The molecule has 0 heterocycles. The van der Waals surface area contributed by atoms with Gasteiger partial charge in [0, 0.05) is 0 Å². The Bertz CT molecular complexity index is 2750. The van der Waals surface area contributed by atoms with E-state index in [0.717, 1.165) is 0 Å². The highest BCUT2D eigenvalue weighted by Crippen LogP contribution is 2.51. The van der Waals surface area contributed by atoms with Crippen molar-refractivity contribution < 1.29 is 0 Å². The van der Waals surface area contributed by atoms with Gasteiger partial charge < -0.3 is 0 Å². The van der Waals surface area contributed by atoms with Crippen molar-refractivity contribution >= 4 is 75.4 Å². The second-order valence-electron chi connectivity index (χ2n) is 12.0. The molecule has 10 aromatic rings. The number of hydrogen-bond donors (Lipinski definition) is 0. The zero-order valence-corrected chi connectivity index (χ0v) is 24.0. The predicted molar refractivity (Wildman–Crippen MR) is 191 cm³/mol. The van der Waals surface area contributed by atoms with E-state index in [0.29, 0.717) is 0 Å². The van der Waals surface area contributed by atoms with Crippen LogP contribution >= 0.6 is 0 Å². The summed E-state index contributed by atoms with van der Waals surface area (Å²) >= 11 is 0. The van der Waals surface area contributed by atoms with Crippen LogP contribution in [0.3, 0.4) is 0 Å². The Morgan fingerprint density at radius 3 is 1.27 bits per heavy atom. The quantitative estimate of drug-likeness (QED) is 0.147. The minimum absolute atomic E-state index is 1.26. The molecule has 0 radical (unpaired) electrons. The molecule has 0 heteroatoms. The largest absolute Gasteiger partial charge is 0.0622 e. The summed E-state index contributed by atoms with van der Waals surface area (Å²) in [7, 11) is 0. The average molecular weight is 555 g/mol. The van der Waals surface area contributed by atoms with Gasteiger partial charge in [-0.2, -0.15) is 0 Å². The van der Waals surface area contributed by atoms with E-state index in [1.165, 1.54) is 97.7 Å². The Labute approximate surface area is 254 Å². The van der Waals surface area contributed by atoms with E-state index in [-0.39, 0.29) is 0 Å². The lowest BCUT2D eigenvalue weighted by molar-refractivity contribution is 1.68. The summed E-state index contributed by atoms with van der Waals surface area (Å²) in [6.07, 6.45) is 0. The van der Waals surface area contributed by atoms with E-state index in [9.17, 15) is 0 Å². The molecule has 44 heavy (non-hydrogen) atoms. The molecule has 0 aliphatic rings. The Kier molecular flexibility index (Phi) is 4.81. The minimum Gasteiger partial charge on any atom is -0.0622 e. The molecule has 0 spiro atoms. The highest BCUT2D eigenvalue weighted by Gasteiger charge is 2.23. The summed E-state index contributed by atoms with van der Waals surface area (Å²) in [6, 6.07) is 58.4. The standard InChI is InChI=1S/C44H26/c1-2-13-28(14-3-1)39-31-16-6-8-18-35(31)43-41-33(20-10-22-37(39)41)34-21-11-23-38-40(30-25-24-27-12-4-5-15-29(27)26-30)32-17-7-9-19-36(32)44(43)42(34)38/h1-26H. The zero-order chi connectivity index (χ0) is 28.8. The number of rotatable bonds is 2. The second-order valence-corrected chi connectivity index (χ2v) is 12.0. The Morgan fingerprint density at radius 1 is 0.227 bits per heavy atom. The van der Waals surface area contributed by atoms with Gasteiger partial charge in [0.05, 0.1) is 0 Å². The van der Waals surface area contributed by atoms with Crippen molar-refractivity contribution in [2.75, 3.05) is 0 Å². The highest BCUT2D eigenvalue weighted by molar-refractivity contribution is 6.45. The molecule has 0 bridgehead atoms. The number of hydrogen-bond acceptors (Lipinski definition) is 0. The van der Waals surface area contributed by atoms with Crippen molar-refractivity contribution in [2.24, 2.45) is 0 Å². The first kappa shape index (κ1) is 23.8. The fourth-order valence-corrected chi connectivity index (χ4v) is 8.00. The van der Waals surface area contributed by atoms with Crippen LogP contribution in [0.15, 0.2) is 158 Å². The zero-order valence-electron chi connectivity index (χ0n) is 24.0. The average Bonchev–Trinajstić information content (AvgIpc) is 3.09. The van der Waals surface area contributed by atoms with Crippen LogP contribution in [0.1, 0.15) is 0 Å². The van der Waals surface area contributed by atoms with Gasteiger partial charge in [-0.3, -0.25) is 0 Å². The molecule has 10 aromatic carbocycles. The summed E-state index contributed by atoms with van der Waals surface area (Å²) < 4.78 is 0. The van der Waals surface area contributed by atoms with E-state index < -0.39 is 0 Å². The molecule has 0 atom stereocenters. The smallest absolute Gasteiger partial charge is 0.000740 e. The molecule has 10 rings (SSSR count). The van der Waals surface area contributed by atoms with Gasteiger partial charge in [0.1, 0.15) is 0 Å². The molecular weight excluding hydrogens is 528 g/mol. The monoisotopic (exact) mass is 554 g/mol. The number of benzene rings is 10. The lowest BCUT2D eigenvalue weighted by Gasteiger charge is -2.23. The van der Waals surface area contributed by atoms with Crippen molar-refractivity contribution in [3.05, 3.63) is 158 Å². The molecule has 0 aromatic heterocycles. The van der Waals surface area contributed by atoms with Gasteiger partial charge >= 0.3 is 0 Å². The molecule has 0 amide bonds. The van der Waals surface area contributed by atoms with Crippen LogP contribution in [0.4, 0.5) is 0 Å². The molecule has 0 N–H and O–H groups in total. The first-order chi connectivity index (χ1) is 21.9. The SMILES string of the molecule is c1ccc(-c2c3ccccc3c3c4c2cccc4c2cccc4c(-c5ccc6ccccc6c5)c5ccccc5c3c42)cc1. The summed E-state index contributed by atoms with van der Waals surface area (Å²) in [4.78, 5) is 0.